The van der Waals surface area contributed by atoms with Gasteiger partial charge in [0.05, 0.1) is 0 Å². The summed E-state index contributed by atoms with van der Waals surface area (Å²) < 4.78 is 0. The van der Waals surface area contributed by atoms with Crippen LogP contribution in [0.15, 0.2) is 24.3 Å². The van der Waals surface area contributed by atoms with Crippen molar-refractivity contribution in [2.75, 3.05) is 25.5 Å². The monoisotopic (exact) mass is 318 g/mol. The molecule has 0 aliphatic carbocycles. The van der Waals surface area contributed by atoms with Gasteiger partial charge in [0.15, 0.2) is 0 Å². The number of amides is 3. The number of benzene rings is 1. The van der Waals surface area contributed by atoms with E-state index >= 15 is 0 Å². The maximum absolute atomic E-state index is 12.5. The van der Waals surface area contributed by atoms with Crippen molar-refractivity contribution in [1.82, 2.24) is 15.5 Å². The number of hydrogen-bond acceptors (Lipinski definition) is 3. The summed E-state index contributed by atoms with van der Waals surface area (Å²) in [4.78, 5) is 26.1. The highest BCUT2D eigenvalue weighted by molar-refractivity contribution is 5.95. The van der Waals surface area contributed by atoms with Crippen molar-refractivity contribution >= 4 is 17.6 Å². The number of hydrogen-bond donors (Lipinski definition) is 3. The highest BCUT2D eigenvalue weighted by atomic mass is 16.2. The molecule has 3 amide bonds. The number of urea groups is 1. The lowest BCUT2D eigenvalue weighted by molar-refractivity contribution is 0.0698. The van der Waals surface area contributed by atoms with Crippen LogP contribution in [-0.2, 0) is 0 Å². The van der Waals surface area contributed by atoms with Crippen LogP contribution in [0.3, 0.4) is 0 Å². The number of nitrogens with zero attached hydrogens (tertiary/aromatic N) is 1. The normalized spacial score (nSPS) is 17.9. The van der Waals surface area contributed by atoms with E-state index in [4.69, 9.17) is 0 Å². The van der Waals surface area contributed by atoms with E-state index in [1.807, 2.05) is 25.8 Å². The van der Waals surface area contributed by atoms with Gasteiger partial charge in [-0.3, -0.25) is 4.79 Å². The number of piperidine rings is 1. The van der Waals surface area contributed by atoms with Crippen molar-refractivity contribution in [3.63, 3.8) is 0 Å². The summed E-state index contributed by atoms with van der Waals surface area (Å²) >= 11 is 0. The molecule has 1 aliphatic heterocycles. The Bertz CT molecular complexity index is 542. The standard InChI is InChI=1S/C17H26N4O2/c1-12(2)19-17(23)20-14-8-6-13(7-9-14)16(22)21-10-4-5-15(11-21)18-3/h6-9,12,15,18H,4-5,10-11H2,1-3H3,(H2,19,20,23). The molecule has 6 heteroatoms. The molecule has 1 heterocycles. The predicted octanol–water partition coefficient (Wildman–Crippen LogP) is 2.04. The summed E-state index contributed by atoms with van der Waals surface area (Å²) in [5, 5.41) is 8.75. The Morgan fingerprint density at radius 2 is 1.91 bits per heavy atom. The molecule has 6 nitrogen and oxygen atoms in total. The van der Waals surface area contributed by atoms with Gasteiger partial charge in [-0.15, -0.1) is 0 Å². The molecule has 1 atom stereocenters. The van der Waals surface area contributed by atoms with Crippen molar-refractivity contribution in [3.05, 3.63) is 29.8 Å². The Balaban J connectivity index is 1.96. The first kappa shape index (κ1) is 17.3. The van der Waals surface area contributed by atoms with E-state index in [0.29, 0.717) is 17.3 Å². The molecule has 1 aromatic carbocycles. The van der Waals surface area contributed by atoms with Crippen LogP contribution in [0.1, 0.15) is 37.0 Å². The average Bonchev–Trinajstić information content (AvgIpc) is 2.54. The van der Waals surface area contributed by atoms with Crippen LogP contribution < -0.4 is 16.0 Å². The molecule has 3 N–H and O–H groups in total. The summed E-state index contributed by atoms with van der Waals surface area (Å²) in [5.74, 6) is 0.0446. The van der Waals surface area contributed by atoms with Crippen molar-refractivity contribution in [1.29, 1.82) is 0 Å². The third kappa shape index (κ3) is 4.96. The second kappa shape index (κ2) is 7.97. The first-order chi connectivity index (χ1) is 11.0. The Kier molecular flexibility index (Phi) is 5.98. The van der Waals surface area contributed by atoms with E-state index in [1.54, 1.807) is 24.3 Å². The molecule has 0 spiro atoms. The second-order valence-electron chi connectivity index (χ2n) is 6.21. The van der Waals surface area contributed by atoms with E-state index in [0.717, 1.165) is 25.9 Å². The van der Waals surface area contributed by atoms with Gasteiger partial charge in [0.1, 0.15) is 0 Å². The lowest BCUT2D eigenvalue weighted by Crippen LogP contribution is -2.46. The molecule has 2 rings (SSSR count). The number of carbonyl (C=O) groups is 2. The minimum absolute atomic E-state index is 0.0446. The zero-order valence-corrected chi connectivity index (χ0v) is 14.1. The Morgan fingerprint density at radius 3 is 2.52 bits per heavy atom. The predicted molar refractivity (Wildman–Crippen MR) is 91.7 cm³/mol. The summed E-state index contributed by atoms with van der Waals surface area (Å²) in [6, 6.07) is 7.24. The highest BCUT2D eigenvalue weighted by Crippen LogP contribution is 2.16. The van der Waals surface area contributed by atoms with Crippen molar-refractivity contribution in [2.45, 2.75) is 38.8 Å². The van der Waals surface area contributed by atoms with Gasteiger partial charge >= 0.3 is 6.03 Å². The van der Waals surface area contributed by atoms with Gasteiger partial charge in [0.25, 0.3) is 5.91 Å². The van der Waals surface area contributed by atoms with E-state index in [-0.39, 0.29) is 18.0 Å². The molecule has 126 valence electrons. The smallest absolute Gasteiger partial charge is 0.319 e. The number of likely N-dealkylation sites (N-methyl/N-ethyl adjacent to an activating group) is 1. The highest BCUT2D eigenvalue weighted by Gasteiger charge is 2.23. The SMILES string of the molecule is CNC1CCCN(C(=O)c2ccc(NC(=O)NC(C)C)cc2)C1. The molecular formula is C17H26N4O2. The summed E-state index contributed by atoms with van der Waals surface area (Å²) in [7, 11) is 1.93. The zero-order valence-electron chi connectivity index (χ0n) is 14.1. The van der Waals surface area contributed by atoms with Crippen LogP contribution in [-0.4, -0.2) is 49.1 Å². The van der Waals surface area contributed by atoms with E-state index in [9.17, 15) is 9.59 Å². The van der Waals surface area contributed by atoms with Gasteiger partial charge in [0.2, 0.25) is 0 Å². The van der Waals surface area contributed by atoms with E-state index < -0.39 is 0 Å². The topological polar surface area (TPSA) is 73.5 Å². The number of likely N-dealkylation sites (tertiary alicyclic amines) is 1. The minimum atomic E-state index is -0.244. The molecule has 0 radical (unpaired) electrons. The number of carbonyl (C=O) groups excluding carboxylic acids is 2. The third-order valence-corrected chi connectivity index (χ3v) is 3.93. The fraction of sp³-hybridized carbons (Fsp3) is 0.529. The Hall–Kier alpha value is -2.08. The molecule has 1 unspecified atom stereocenters. The second-order valence-corrected chi connectivity index (χ2v) is 6.21. The van der Waals surface area contributed by atoms with Gasteiger partial charge in [-0.1, -0.05) is 0 Å². The van der Waals surface area contributed by atoms with Crippen LogP contribution in [0.25, 0.3) is 0 Å². The first-order valence-electron chi connectivity index (χ1n) is 8.13. The molecule has 0 bridgehead atoms. The molecule has 0 aromatic heterocycles. The molecule has 1 aromatic rings. The quantitative estimate of drug-likeness (QED) is 0.795. The molecular weight excluding hydrogens is 292 g/mol. The van der Waals surface area contributed by atoms with Gasteiger partial charge in [0, 0.05) is 36.4 Å². The zero-order chi connectivity index (χ0) is 16.8. The third-order valence-electron chi connectivity index (χ3n) is 3.93. The average molecular weight is 318 g/mol. The first-order valence-corrected chi connectivity index (χ1v) is 8.13. The Labute approximate surface area is 137 Å². The summed E-state index contributed by atoms with van der Waals surface area (Å²) in [6.07, 6.45) is 2.13. The molecule has 1 saturated heterocycles. The summed E-state index contributed by atoms with van der Waals surface area (Å²) in [5.41, 5.74) is 1.32. The molecule has 1 aliphatic rings. The van der Waals surface area contributed by atoms with Crippen molar-refractivity contribution < 1.29 is 9.59 Å². The van der Waals surface area contributed by atoms with Gasteiger partial charge in [-0.25, -0.2) is 4.79 Å². The molecule has 23 heavy (non-hydrogen) atoms. The van der Waals surface area contributed by atoms with Crippen LogP contribution in [0, 0.1) is 0 Å². The van der Waals surface area contributed by atoms with Crippen molar-refractivity contribution in [2.24, 2.45) is 0 Å². The van der Waals surface area contributed by atoms with Crippen molar-refractivity contribution in [3.8, 4) is 0 Å². The van der Waals surface area contributed by atoms with Gasteiger partial charge < -0.3 is 20.9 Å². The van der Waals surface area contributed by atoms with E-state index in [2.05, 4.69) is 16.0 Å². The lowest BCUT2D eigenvalue weighted by Gasteiger charge is -2.32. The Morgan fingerprint density at radius 1 is 1.22 bits per heavy atom. The molecule has 1 fully saturated rings. The number of anilines is 1. The summed E-state index contributed by atoms with van der Waals surface area (Å²) in [6.45, 7) is 5.34. The van der Waals surface area contributed by atoms with Gasteiger partial charge in [-0.05, 0) is 58.0 Å². The fourth-order valence-corrected chi connectivity index (χ4v) is 2.71. The lowest BCUT2D eigenvalue weighted by atomic mass is 10.0. The van der Waals surface area contributed by atoms with Crippen LogP contribution in [0.5, 0.6) is 0 Å². The fourth-order valence-electron chi connectivity index (χ4n) is 2.71. The van der Waals surface area contributed by atoms with Crippen LogP contribution >= 0.6 is 0 Å². The van der Waals surface area contributed by atoms with Crippen LogP contribution in [0.4, 0.5) is 10.5 Å². The van der Waals surface area contributed by atoms with E-state index in [1.165, 1.54) is 0 Å². The maximum Gasteiger partial charge on any atom is 0.319 e. The van der Waals surface area contributed by atoms with Crippen LogP contribution in [0.2, 0.25) is 0 Å². The number of nitrogens with one attached hydrogen (secondary N) is 3. The minimum Gasteiger partial charge on any atom is -0.337 e. The maximum atomic E-state index is 12.5. The molecule has 0 saturated carbocycles. The van der Waals surface area contributed by atoms with Gasteiger partial charge in [-0.2, -0.15) is 0 Å². The number of rotatable bonds is 4. The largest absolute Gasteiger partial charge is 0.337 e.